The number of anilines is 1. The molecule has 0 spiro atoms. The van der Waals surface area contributed by atoms with Crippen molar-refractivity contribution < 1.29 is 17.9 Å². The fraction of sp³-hybridized carbons (Fsp3) is 0.100. The highest BCUT2D eigenvalue weighted by Gasteiger charge is 2.33. The Morgan fingerprint density at radius 1 is 1.18 bits per heavy atom. The van der Waals surface area contributed by atoms with E-state index in [0.29, 0.717) is 16.5 Å². The van der Waals surface area contributed by atoms with Crippen molar-refractivity contribution in [3.63, 3.8) is 0 Å². The number of aromatic nitrogens is 1. The second-order valence-corrected chi connectivity index (χ2v) is 6.48. The predicted molar refractivity (Wildman–Crippen MR) is 103 cm³/mol. The molecule has 28 heavy (non-hydrogen) atoms. The lowest BCUT2D eigenvalue weighted by atomic mass is 10.1. The number of allylic oxidation sites excluding steroid dienone is 1. The van der Waals surface area contributed by atoms with Crippen molar-refractivity contribution in [3.8, 4) is 23.1 Å². The summed E-state index contributed by atoms with van der Waals surface area (Å²) in [6.07, 6.45) is -3.26. The van der Waals surface area contributed by atoms with Gasteiger partial charge in [-0.1, -0.05) is 12.1 Å². The van der Waals surface area contributed by atoms with Crippen LogP contribution in [0.15, 0.2) is 60.1 Å². The molecule has 0 aliphatic heterocycles. The summed E-state index contributed by atoms with van der Waals surface area (Å²) in [6.45, 7) is 0. The normalized spacial score (nSPS) is 11.8. The van der Waals surface area contributed by atoms with Crippen LogP contribution < -0.4 is 10.1 Å². The predicted octanol–water partition coefficient (Wildman–Crippen LogP) is 5.81. The topological polar surface area (TPSA) is 57.9 Å². The van der Waals surface area contributed by atoms with Crippen molar-refractivity contribution in [2.75, 3.05) is 12.4 Å². The molecule has 1 heterocycles. The molecule has 0 fully saturated rings. The van der Waals surface area contributed by atoms with Crippen LogP contribution in [0, 0.1) is 11.3 Å². The molecule has 2 aromatic carbocycles. The Kier molecular flexibility index (Phi) is 5.66. The first-order chi connectivity index (χ1) is 13.4. The summed E-state index contributed by atoms with van der Waals surface area (Å²) in [5.74, 6) is 0.712. The van der Waals surface area contributed by atoms with Crippen molar-refractivity contribution in [3.05, 3.63) is 70.7 Å². The molecule has 3 rings (SSSR count). The summed E-state index contributed by atoms with van der Waals surface area (Å²) in [5, 5.41) is 14.2. The number of ether oxygens (including phenoxy) is 1. The molecular weight excluding hydrogens is 387 g/mol. The number of thiazole rings is 1. The molecule has 0 amide bonds. The van der Waals surface area contributed by atoms with Crippen LogP contribution in [-0.2, 0) is 6.18 Å². The van der Waals surface area contributed by atoms with E-state index < -0.39 is 11.7 Å². The van der Waals surface area contributed by atoms with Crippen molar-refractivity contribution >= 4 is 22.6 Å². The largest absolute Gasteiger partial charge is 0.497 e. The first-order valence-electron chi connectivity index (χ1n) is 8.05. The minimum Gasteiger partial charge on any atom is -0.497 e. The summed E-state index contributed by atoms with van der Waals surface area (Å²) in [7, 11) is 1.57. The summed E-state index contributed by atoms with van der Waals surface area (Å²) < 4.78 is 44.3. The van der Waals surface area contributed by atoms with Gasteiger partial charge in [-0.3, -0.25) is 0 Å². The Morgan fingerprint density at radius 2 is 1.89 bits per heavy atom. The van der Waals surface area contributed by atoms with E-state index in [9.17, 15) is 18.4 Å². The Balaban J connectivity index is 1.85. The van der Waals surface area contributed by atoms with Crippen LogP contribution in [0.5, 0.6) is 5.75 Å². The third-order valence-corrected chi connectivity index (χ3v) is 4.72. The van der Waals surface area contributed by atoms with Crippen LogP contribution in [0.4, 0.5) is 18.9 Å². The molecule has 142 valence electrons. The van der Waals surface area contributed by atoms with Crippen molar-refractivity contribution in [1.29, 1.82) is 5.26 Å². The van der Waals surface area contributed by atoms with E-state index in [1.165, 1.54) is 35.7 Å². The third-order valence-electron chi connectivity index (χ3n) is 3.85. The van der Waals surface area contributed by atoms with Gasteiger partial charge in [-0.25, -0.2) is 4.98 Å². The van der Waals surface area contributed by atoms with Gasteiger partial charge in [0.25, 0.3) is 0 Å². The van der Waals surface area contributed by atoms with Crippen LogP contribution in [0.25, 0.3) is 16.8 Å². The maximum Gasteiger partial charge on any atom is 0.418 e. The highest BCUT2D eigenvalue weighted by atomic mass is 32.1. The Morgan fingerprint density at radius 3 is 2.54 bits per heavy atom. The van der Waals surface area contributed by atoms with Crippen LogP contribution in [0.1, 0.15) is 10.6 Å². The number of rotatable bonds is 5. The number of halogens is 3. The summed E-state index contributed by atoms with van der Waals surface area (Å²) >= 11 is 1.24. The zero-order valence-electron chi connectivity index (χ0n) is 14.6. The number of para-hydroxylation sites is 1. The lowest BCUT2D eigenvalue weighted by molar-refractivity contribution is -0.136. The van der Waals surface area contributed by atoms with Gasteiger partial charge in [0.05, 0.1) is 24.1 Å². The molecule has 0 unspecified atom stereocenters. The van der Waals surface area contributed by atoms with Crippen LogP contribution in [-0.4, -0.2) is 12.1 Å². The number of benzene rings is 2. The monoisotopic (exact) mass is 401 g/mol. The van der Waals surface area contributed by atoms with Crippen LogP contribution in [0.3, 0.4) is 0 Å². The number of alkyl halides is 3. The van der Waals surface area contributed by atoms with E-state index >= 15 is 0 Å². The quantitative estimate of drug-likeness (QED) is 0.548. The van der Waals surface area contributed by atoms with Gasteiger partial charge in [0.1, 0.15) is 22.4 Å². The molecular formula is C20H14F3N3OS. The van der Waals surface area contributed by atoms with E-state index in [-0.39, 0.29) is 11.3 Å². The van der Waals surface area contributed by atoms with Gasteiger partial charge in [-0.05, 0) is 36.4 Å². The molecule has 1 aromatic heterocycles. The minimum absolute atomic E-state index is 0.130. The number of nitriles is 1. The van der Waals surface area contributed by atoms with Gasteiger partial charge >= 0.3 is 6.18 Å². The summed E-state index contributed by atoms with van der Waals surface area (Å²) in [6, 6.07) is 14.3. The fourth-order valence-corrected chi connectivity index (χ4v) is 3.23. The van der Waals surface area contributed by atoms with Gasteiger partial charge in [-0.15, -0.1) is 11.3 Å². The molecule has 0 aliphatic rings. The maximum absolute atomic E-state index is 13.1. The molecule has 0 aliphatic carbocycles. The number of hydrogen-bond donors (Lipinski definition) is 1. The molecule has 4 nitrogen and oxygen atoms in total. The summed E-state index contributed by atoms with van der Waals surface area (Å²) in [5.41, 5.74) is 0.716. The molecule has 0 bridgehead atoms. The minimum atomic E-state index is -4.49. The van der Waals surface area contributed by atoms with Gasteiger partial charge in [-0.2, -0.15) is 18.4 Å². The first-order valence-corrected chi connectivity index (χ1v) is 8.93. The SMILES string of the molecule is COc1ccc(-c2csc(/C(C#N)=C/Nc3ccccc3C(F)(F)F)n2)cc1. The van der Waals surface area contributed by atoms with Gasteiger partial charge in [0, 0.05) is 17.1 Å². The molecule has 0 radical (unpaired) electrons. The van der Waals surface area contributed by atoms with Crippen molar-refractivity contribution in [2.24, 2.45) is 0 Å². The molecule has 8 heteroatoms. The van der Waals surface area contributed by atoms with Crippen LogP contribution in [0.2, 0.25) is 0 Å². The third kappa shape index (κ3) is 4.32. The van der Waals surface area contributed by atoms with E-state index in [1.807, 2.05) is 18.2 Å². The molecule has 0 saturated carbocycles. The second-order valence-electron chi connectivity index (χ2n) is 5.62. The number of hydrogen-bond acceptors (Lipinski definition) is 5. The number of nitrogens with one attached hydrogen (secondary N) is 1. The standard InChI is InChI=1S/C20H14F3N3OS/c1-27-15-8-6-13(7-9-15)18-12-28-19(26-18)14(10-24)11-25-17-5-3-2-4-16(17)20(21,22)23/h2-9,11-12,25H,1H3/b14-11+. The fourth-order valence-electron chi connectivity index (χ4n) is 2.44. The lowest BCUT2D eigenvalue weighted by Gasteiger charge is -2.12. The first kappa shape index (κ1) is 19.5. The van der Waals surface area contributed by atoms with Crippen LogP contribution >= 0.6 is 11.3 Å². The Hall–Kier alpha value is -3.31. The highest BCUT2D eigenvalue weighted by Crippen LogP contribution is 2.35. The smallest absolute Gasteiger partial charge is 0.418 e. The van der Waals surface area contributed by atoms with Crippen molar-refractivity contribution in [2.45, 2.75) is 6.18 Å². The molecule has 3 aromatic rings. The van der Waals surface area contributed by atoms with Gasteiger partial charge in [0.2, 0.25) is 0 Å². The van der Waals surface area contributed by atoms with E-state index in [0.717, 1.165) is 11.6 Å². The number of methoxy groups -OCH3 is 1. The average molecular weight is 401 g/mol. The van der Waals surface area contributed by atoms with Gasteiger partial charge in [0.15, 0.2) is 0 Å². The molecule has 0 saturated heterocycles. The van der Waals surface area contributed by atoms with E-state index in [1.54, 1.807) is 24.6 Å². The highest BCUT2D eigenvalue weighted by molar-refractivity contribution is 7.11. The zero-order chi connectivity index (χ0) is 20.1. The molecule has 0 atom stereocenters. The van der Waals surface area contributed by atoms with Crippen molar-refractivity contribution in [1.82, 2.24) is 4.98 Å². The Labute approximate surface area is 163 Å². The summed E-state index contributed by atoms with van der Waals surface area (Å²) in [4.78, 5) is 4.42. The van der Waals surface area contributed by atoms with E-state index in [2.05, 4.69) is 10.3 Å². The van der Waals surface area contributed by atoms with Gasteiger partial charge < -0.3 is 10.1 Å². The van der Waals surface area contributed by atoms with E-state index in [4.69, 9.17) is 4.74 Å². The average Bonchev–Trinajstić information content (AvgIpc) is 3.18. The zero-order valence-corrected chi connectivity index (χ0v) is 15.4. The second kappa shape index (κ2) is 8.15. The number of nitrogens with zero attached hydrogens (tertiary/aromatic N) is 2. The molecule has 1 N–H and O–H groups in total. The lowest BCUT2D eigenvalue weighted by Crippen LogP contribution is -2.08. The maximum atomic E-state index is 13.1. The Bertz CT molecular complexity index is 1030.